The van der Waals surface area contributed by atoms with Gasteiger partial charge in [-0.3, -0.25) is 5.10 Å². The maximum Gasteiger partial charge on any atom is 0.0999 e. The quantitative estimate of drug-likeness (QED) is 0.337. The van der Waals surface area contributed by atoms with E-state index in [9.17, 15) is 5.11 Å². The summed E-state index contributed by atoms with van der Waals surface area (Å²) in [5.41, 5.74) is 5.69. The van der Waals surface area contributed by atoms with Crippen molar-refractivity contribution in [2.75, 3.05) is 12.0 Å². The first-order valence-corrected chi connectivity index (χ1v) is 12.0. The first kappa shape index (κ1) is 20.2. The summed E-state index contributed by atoms with van der Waals surface area (Å²) in [5.74, 6) is 1.07. The lowest BCUT2D eigenvalue weighted by molar-refractivity contribution is 0.232. The second-order valence-electron chi connectivity index (χ2n) is 6.12. The number of hydrogen-bond donors (Lipinski definition) is 3. The molecule has 138 valence electrons. The fourth-order valence-electron chi connectivity index (χ4n) is 3.06. The van der Waals surface area contributed by atoms with Crippen LogP contribution >= 0.6 is 56.9 Å². The Labute approximate surface area is 185 Å². The van der Waals surface area contributed by atoms with Crippen molar-refractivity contribution in [1.82, 2.24) is 15.5 Å². The van der Waals surface area contributed by atoms with Crippen LogP contribution in [0.2, 0.25) is 0 Å². The van der Waals surface area contributed by atoms with Crippen LogP contribution in [0.15, 0.2) is 51.9 Å². The summed E-state index contributed by atoms with van der Waals surface area (Å²) in [6.07, 6.45) is 15.0. The number of aliphatic hydroxyl groups is 1. The largest absolute Gasteiger partial charge is 0.387 e. The summed E-state index contributed by atoms with van der Waals surface area (Å²) in [6, 6.07) is 0.115. The molecule has 1 aromatic rings. The van der Waals surface area contributed by atoms with Crippen LogP contribution in [-0.4, -0.2) is 43.4 Å². The van der Waals surface area contributed by atoms with Gasteiger partial charge in [0.05, 0.1) is 28.0 Å². The van der Waals surface area contributed by atoms with Gasteiger partial charge in [-0.1, -0.05) is 41.3 Å². The normalized spacial score (nSPS) is 25.6. The van der Waals surface area contributed by atoms with Gasteiger partial charge in [-0.2, -0.15) is 16.9 Å². The molecule has 0 bridgehead atoms. The molecule has 3 rings (SSSR count). The number of hydrogen-bond acceptors (Lipinski definition) is 4. The third-order valence-electron chi connectivity index (χ3n) is 4.46. The molecule has 26 heavy (non-hydrogen) atoms. The van der Waals surface area contributed by atoms with Crippen molar-refractivity contribution in [3.8, 4) is 0 Å². The summed E-state index contributed by atoms with van der Waals surface area (Å²) in [4.78, 5) is 0. The van der Waals surface area contributed by atoms with Gasteiger partial charge in [0.2, 0.25) is 0 Å². The number of allylic oxidation sites excluding steroid dienone is 2. The minimum Gasteiger partial charge on any atom is -0.387 e. The molecule has 2 aliphatic rings. The number of rotatable bonds is 6. The van der Waals surface area contributed by atoms with Gasteiger partial charge in [0, 0.05) is 20.9 Å². The van der Waals surface area contributed by atoms with E-state index in [-0.39, 0.29) is 9.97 Å². The number of aromatic nitrogens is 2. The van der Waals surface area contributed by atoms with E-state index in [4.69, 9.17) is 0 Å². The van der Waals surface area contributed by atoms with Gasteiger partial charge < -0.3 is 10.4 Å². The third-order valence-corrected chi connectivity index (χ3v) is 7.06. The summed E-state index contributed by atoms with van der Waals surface area (Å²) in [7, 11) is 0. The number of nitrogens with zero attached hydrogens (tertiary/aromatic N) is 1. The van der Waals surface area contributed by atoms with Crippen LogP contribution in [0.5, 0.6) is 0 Å². The lowest BCUT2D eigenvalue weighted by atomic mass is 9.89. The summed E-state index contributed by atoms with van der Waals surface area (Å²) in [5, 5.41) is 20.8. The Hall–Kier alpha value is -0.520. The number of halogens is 2. The number of nitrogens with one attached hydrogen (secondary N) is 2. The molecule has 2 heterocycles. The molecule has 0 spiro atoms. The highest BCUT2D eigenvalue weighted by atomic mass is 127. The topological polar surface area (TPSA) is 60.9 Å². The molecule has 3 N–H and O–H groups in total. The zero-order valence-corrected chi connectivity index (χ0v) is 19.5. The molecular weight excluding hydrogens is 572 g/mol. The molecule has 3 unspecified atom stereocenters. The third kappa shape index (κ3) is 4.31. The molecule has 0 amide bonds. The number of aromatic amines is 1. The Morgan fingerprint density at radius 2 is 2.23 bits per heavy atom. The van der Waals surface area contributed by atoms with Gasteiger partial charge in [0.15, 0.2) is 0 Å². The average Bonchev–Trinajstić information content (AvgIpc) is 3.12. The van der Waals surface area contributed by atoms with E-state index in [1.54, 1.807) is 6.08 Å². The molecule has 0 aromatic carbocycles. The van der Waals surface area contributed by atoms with Crippen LogP contribution in [0.3, 0.4) is 0 Å². The van der Waals surface area contributed by atoms with E-state index < -0.39 is 6.10 Å². The molecule has 0 fully saturated rings. The van der Waals surface area contributed by atoms with Crippen LogP contribution < -0.4 is 5.32 Å². The molecule has 0 saturated carbocycles. The number of aliphatic hydroxyl groups excluding tert-OH is 1. The molecule has 7 heteroatoms. The van der Waals surface area contributed by atoms with E-state index in [2.05, 4.69) is 98.0 Å². The van der Waals surface area contributed by atoms with Gasteiger partial charge in [0.1, 0.15) is 0 Å². The fraction of sp³-hybridized carbons (Fsp3) is 0.316. The summed E-state index contributed by atoms with van der Waals surface area (Å²) >= 11 is 6.38. The van der Waals surface area contributed by atoms with E-state index in [0.717, 1.165) is 27.0 Å². The van der Waals surface area contributed by atoms with Crippen molar-refractivity contribution in [1.29, 1.82) is 0 Å². The molecule has 0 saturated heterocycles. The van der Waals surface area contributed by atoms with E-state index in [1.807, 2.05) is 18.0 Å². The van der Waals surface area contributed by atoms with Gasteiger partial charge in [0.25, 0.3) is 0 Å². The minimum atomic E-state index is -0.407. The SMILES string of the molecule is C=Cc1[nH]ncc1C1=CNC(C2=CC(I)C(O)C(I)=C2)C=C1CCSC. The highest BCUT2D eigenvalue weighted by Gasteiger charge is 2.26. The Balaban J connectivity index is 1.92. The average molecular weight is 593 g/mol. The predicted molar refractivity (Wildman–Crippen MR) is 129 cm³/mol. The van der Waals surface area contributed by atoms with Gasteiger partial charge >= 0.3 is 0 Å². The molecule has 1 aromatic heterocycles. The van der Waals surface area contributed by atoms with Gasteiger partial charge in [-0.05, 0) is 64.3 Å². The highest BCUT2D eigenvalue weighted by Crippen LogP contribution is 2.34. The van der Waals surface area contributed by atoms with Crippen LogP contribution in [0.1, 0.15) is 17.7 Å². The van der Waals surface area contributed by atoms with Crippen molar-refractivity contribution in [2.24, 2.45) is 0 Å². The lowest BCUT2D eigenvalue weighted by Gasteiger charge is -2.28. The maximum absolute atomic E-state index is 10.2. The maximum atomic E-state index is 10.2. The van der Waals surface area contributed by atoms with Crippen molar-refractivity contribution in [3.05, 3.63) is 63.2 Å². The number of dihydropyridines is 1. The Morgan fingerprint density at radius 3 is 2.92 bits per heavy atom. The monoisotopic (exact) mass is 593 g/mol. The Kier molecular flexibility index (Phi) is 7.09. The molecule has 0 radical (unpaired) electrons. The van der Waals surface area contributed by atoms with Crippen LogP contribution in [-0.2, 0) is 0 Å². The molecular formula is C19H21I2N3OS. The predicted octanol–water partition coefficient (Wildman–Crippen LogP) is 4.47. The minimum absolute atomic E-state index is 0.0935. The van der Waals surface area contributed by atoms with Crippen LogP contribution in [0, 0.1) is 0 Å². The van der Waals surface area contributed by atoms with Crippen molar-refractivity contribution >= 4 is 68.6 Å². The standard InChI is InChI=1S/C19H21I2N3OS/c1-3-17-14(10-23-24-17)13-9-22-18(8-11(13)4-5-26-2)12-6-15(20)19(25)16(21)7-12/h3,6-10,15,18-19,22,25H,1,4-5H2,2H3,(H,23,24). The zero-order chi connectivity index (χ0) is 18.7. The zero-order valence-electron chi connectivity index (χ0n) is 14.4. The van der Waals surface area contributed by atoms with Crippen molar-refractivity contribution < 1.29 is 5.11 Å². The number of thioether (sulfide) groups is 1. The van der Waals surface area contributed by atoms with Gasteiger partial charge in [-0.25, -0.2) is 0 Å². The second-order valence-corrected chi connectivity index (χ2v) is 9.79. The highest BCUT2D eigenvalue weighted by molar-refractivity contribution is 14.1. The lowest BCUT2D eigenvalue weighted by Crippen LogP contribution is -2.32. The molecule has 1 aliphatic heterocycles. The van der Waals surface area contributed by atoms with Crippen LogP contribution in [0.25, 0.3) is 11.6 Å². The Bertz CT molecular complexity index is 809. The van der Waals surface area contributed by atoms with E-state index in [1.165, 1.54) is 16.7 Å². The van der Waals surface area contributed by atoms with Crippen molar-refractivity contribution in [2.45, 2.75) is 22.5 Å². The van der Waals surface area contributed by atoms with Crippen LogP contribution in [0.4, 0.5) is 0 Å². The number of alkyl halides is 1. The first-order valence-electron chi connectivity index (χ1n) is 8.28. The van der Waals surface area contributed by atoms with E-state index in [0.29, 0.717) is 0 Å². The van der Waals surface area contributed by atoms with E-state index >= 15 is 0 Å². The summed E-state index contributed by atoms with van der Waals surface area (Å²) < 4.78 is 1.08. The summed E-state index contributed by atoms with van der Waals surface area (Å²) in [6.45, 7) is 3.87. The molecule has 4 nitrogen and oxygen atoms in total. The Morgan fingerprint density at radius 1 is 1.42 bits per heavy atom. The fourth-order valence-corrected chi connectivity index (χ4v) is 5.72. The molecule has 3 atom stereocenters. The smallest absolute Gasteiger partial charge is 0.0999 e. The van der Waals surface area contributed by atoms with Gasteiger partial charge in [-0.15, -0.1) is 0 Å². The number of H-pyrrole nitrogens is 1. The first-order chi connectivity index (χ1) is 12.5. The van der Waals surface area contributed by atoms with Crippen molar-refractivity contribution in [3.63, 3.8) is 0 Å². The molecule has 1 aliphatic carbocycles. The second kappa shape index (κ2) is 9.11.